The van der Waals surface area contributed by atoms with E-state index in [0.29, 0.717) is 5.82 Å². The molecule has 0 saturated carbocycles. The van der Waals surface area contributed by atoms with Gasteiger partial charge in [-0.2, -0.15) is 5.10 Å². The van der Waals surface area contributed by atoms with Gasteiger partial charge in [0.05, 0.1) is 10.9 Å². The number of fused-ring (bicyclic) bond motifs is 1. The van der Waals surface area contributed by atoms with E-state index in [4.69, 9.17) is 10.8 Å². The van der Waals surface area contributed by atoms with Crippen molar-refractivity contribution < 1.29 is 0 Å². The van der Waals surface area contributed by atoms with Crippen molar-refractivity contribution in [1.29, 1.82) is 0 Å². The van der Waals surface area contributed by atoms with Gasteiger partial charge in [-0.05, 0) is 20.8 Å². The van der Waals surface area contributed by atoms with Gasteiger partial charge in [0, 0.05) is 5.56 Å². The van der Waals surface area contributed by atoms with Crippen molar-refractivity contribution in [1.82, 2.24) is 19.7 Å². The molecule has 0 saturated heterocycles. The fourth-order valence-electron chi connectivity index (χ4n) is 2.24. The summed E-state index contributed by atoms with van der Waals surface area (Å²) in [5.41, 5.74) is 8.48. The van der Waals surface area contributed by atoms with Gasteiger partial charge >= 0.3 is 0 Å². The predicted molar refractivity (Wildman–Crippen MR) is 87.4 cm³/mol. The highest BCUT2D eigenvalue weighted by atomic mass is 35.5. The summed E-state index contributed by atoms with van der Waals surface area (Å²) in [6.45, 7) is 6.27. The van der Waals surface area contributed by atoms with E-state index in [1.807, 2.05) is 35.0 Å². The van der Waals surface area contributed by atoms with Crippen LogP contribution in [0.2, 0.25) is 0 Å². The first kappa shape index (κ1) is 15.3. The van der Waals surface area contributed by atoms with E-state index >= 15 is 0 Å². The Morgan fingerprint density at radius 3 is 2.33 bits per heavy atom. The molecule has 0 fully saturated rings. The largest absolute Gasteiger partial charge is 0.383 e. The maximum Gasteiger partial charge on any atom is 0.164 e. The molecule has 3 rings (SSSR count). The van der Waals surface area contributed by atoms with Crippen LogP contribution in [0.25, 0.3) is 22.3 Å². The molecule has 5 nitrogen and oxygen atoms in total. The molecule has 0 aliphatic rings. The maximum atomic E-state index is 6.05. The molecule has 0 aliphatic carbocycles. The van der Waals surface area contributed by atoms with Crippen molar-refractivity contribution in [3.8, 4) is 11.3 Å². The van der Waals surface area contributed by atoms with Crippen LogP contribution in [-0.4, -0.2) is 19.7 Å². The minimum atomic E-state index is -0.175. The highest BCUT2D eigenvalue weighted by Gasteiger charge is 2.23. The Morgan fingerprint density at radius 1 is 1.05 bits per heavy atom. The van der Waals surface area contributed by atoms with Gasteiger partial charge in [-0.25, -0.2) is 14.6 Å². The zero-order valence-electron chi connectivity index (χ0n) is 12.2. The van der Waals surface area contributed by atoms with Crippen LogP contribution in [-0.2, 0) is 5.54 Å². The molecule has 21 heavy (non-hydrogen) atoms. The average Bonchev–Trinajstić information content (AvgIpc) is 2.81. The molecule has 2 aromatic heterocycles. The van der Waals surface area contributed by atoms with Crippen molar-refractivity contribution in [2.75, 3.05) is 5.73 Å². The number of aromatic nitrogens is 4. The van der Waals surface area contributed by atoms with Gasteiger partial charge in [-0.3, -0.25) is 0 Å². The molecule has 0 amide bonds. The van der Waals surface area contributed by atoms with E-state index in [1.54, 1.807) is 0 Å². The second kappa shape index (κ2) is 5.33. The monoisotopic (exact) mass is 303 g/mol. The number of hydrogen-bond acceptors (Lipinski definition) is 4. The number of hydrogen-bond donors (Lipinski definition) is 1. The van der Waals surface area contributed by atoms with Crippen LogP contribution in [0, 0.1) is 0 Å². The minimum absolute atomic E-state index is 0. The summed E-state index contributed by atoms with van der Waals surface area (Å²) in [5.74, 6) is 0.462. The predicted octanol–water partition coefficient (Wildman–Crippen LogP) is 3.25. The zero-order chi connectivity index (χ0) is 14.3. The standard InChI is InChI=1S/C15H17N5.ClH/c1-15(2,3)20-14-11(13(16)17-9-18-14)12(19-20)10-7-5-4-6-8-10;/h4-9H,1-3H3,(H2,16,17,18);1H. The van der Waals surface area contributed by atoms with Gasteiger partial charge in [0.2, 0.25) is 0 Å². The summed E-state index contributed by atoms with van der Waals surface area (Å²) in [4.78, 5) is 8.47. The van der Waals surface area contributed by atoms with E-state index in [2.05, 4.69) is 30.7 Å². The fourth-order valence-corrected chi connectivity index (χ4v) is 2.24. The first-order valence-corrected chi connectivity index (χ1v) is 6.53. The van der Waals surface area contributed by atoms with E-state index in [0.717, 1.165) is 22.3 Å². The third kappa shape index (κ3) is 2.56. The summed E-state index contributed by atoms with van der Waals surface area (Å²) in [5, 5.41) is 5.54. The van der Waals surface area contributed by atoms with Crippen LogP contribution in [0.5, 0.6) is 0 Å². The van der Waals surface area contributed by atoms with Gasteiger partial charge in [-0.15, -0.1) is 12.4 Å². The van der Waals surface area contributed by atoms with Gasteiger partial charge < -0.3 is 5.73 Å². The number of benzene rings is 1. The Hall–Kier alpha value is -2.14. The van der Waals surface area contributed by atoms with Gasteiger partial charge in [0.25, 0.3) is 0 Å². The van der Waals surface area contributed by atoms with Gasteiger partial charge in [-0.1, -0.05) is 30.3 Å². The molecule has 2 heterocycles. The van der Waals surface area contributed by atoms with E-state index in [9.17, 15) is 0 Å². The smallest absolute Gasteiger partial charge is 0.164 e. The van der Waals surface area contributed by atoms with Gasteiger partial charge in [0.15, 0.2) is 5.65 Å². The zero-order valence-corrected chi connectivity index (χ0v) is 13.1. The molecular weight excluding hydrogens is 286 g/mol. The summed E-state index contributed by atoms with van der Waals surface area (Å²) < 4.78 is 1.91. The van der Waals surface area contributed by atoms with Crippen molar-refractivity contribution in [3.05, 3.63) is 36.7 Å². The van der Waals surface area contributed by atoms with E-state index in [-0.39, 0.29) is 17.9 Å². The maximum absolute atomic E-state index is 6.05. The van der Waals surface area contributed by atoms with Crippen LogP contribution < -0.4 is 5.73 Å². The Bertz CT molecular complexity index is 759. The quantitative estimate of drug-likeness (QED) is 0.749. The second-order valence-corrected chi connectivity index (χ2v) is 5.75. The Balaban J connectivity index is 0.00000161. The number of anilines is 1. The van der Waals surface area contributed by atoms with Crippen molar-refractivity contribution in [2.45, 2.75) is 26.3 Å². The van der Waals surface area contributed by atoms with Crippen molar-refractivity contribution in [3.63, 3.8) is 0 Å². The summed E-state index contributed by atoms with van der Waals surface area (Å²) in [6.07, 6.45) is 1.48. The van der Waals surface area contributed by atoms with E-state index in [1.165, 1.54) is 6.33 Å². The molecule has 110 valence electrons. The van der Waals surface area contributed by atoms with Gasteiger partial charge in [0.1, 0.15) is 17.8 Å². The first-order chi connectivity index (χ1) is 9.48. The summed E-state index contributed by atoms with van der Waals surface area (Å²) in [6, 6.07) is 9.98. The molecule has 1 aromatic carbocycles. The lowest BCUT2D eigenvalue weighted by Crippen LogP contribution is -2.23. The number of nitrogen functional groups attached to an aromatic ring is 1. The number of nitrogens with two attached hydrogens (primary N) is 1. The first-order valence-electron chi connectivity index (χ1n) is 6.53. The van der Waals surface area contributed by atoms with Crippen LogP contribution in [0.3, 0.4) is 0 Å². The lowest BCUT2D eigenvalue weighted by molar-refractivity contribution is 0.367. The lowest BCUT2D eigenvalue weighted by atomic mass is 10.1. The van der Waals surface area contributed by atoms with Crippen LogP contribution in [0.4, 0.5) is 5.82 Å². The molecule has 0 radical (unpaired) electrons. The van der Waals surface area contributed by atoms with Crippen molar-refractivity contribution in [2.24, 2.45) is 0 Å². The minimum Gasteiger partial charge on any atom is -0.383 e. The number of halogens is 1. The SMILES string of the molecule is CC(C)(C)n1nc(-c2ccccc2)c2c(N)ncnc21.Cl. The molecule has 0 unspecified atom stereocenters. The highest BCUT2D eigenvalue weighted by Crippen LogP contribution is 2.32. The van der Waals surface area contributed by atoms with Crippen LogP contribution in [0.1, 0.15) is 20.8 Å². The number of nitrogens with zero attached hydrogens (tertiary/aromatic N) is 4. The van der Waals surface area contributed by atoms with Crippen LogP contribution in [0.15, 0.2) is 36.7 Å². The molecule has 6 heteroatoms. The summed E-state index contributed by atoms with van der Waals surface area (Å²) in [7, 11) is 0. The average molecular weight is 304 g/mol. The normalized spacial score (nSPS) is 11.4. The molecule has 0 aliphatic heterocycles. The van der Waals surface area contributed by atoms with E-state index < -0.39 is 0 Å². The molecular formula is C15H18ClN5. The Kier molecular flexibility index (Phi) is 3.87. The third-order valence-corrected chi connectivity index (χ3v) is 3.18. The lowest BCUT2D eigenvalue weighted by Gasteiger charge is -2.19. The molecule has 0 spiro atoms. The summed E-state index contributed by atoms with van der Waals surface area (Å²) >= 11 is 0. The molecule has 3 aromatic rings. The Labute approximate surface area is 129 Å². The van der Waals surface area contributed by atoms with Crippen molar-refractivity contribution >= 4 is 29.3 Å². The Morgan fingerprint density at radius 2 is 1.71 bits per heavy atom. The molecule has 2 N–H and O–H groups in total. The molecule has 0 bridgehead atoms. The number of rotatable bonds is 1. The topological polar surface area (TPSA) is 69.6 Å². The second-order valence-electron chi connectivity index (χ2n) is 5.75. The third-order valence-electron chi connectivity index (χ3n) is 3.18. The molecule has 0 atom stereocenters. The fraction of sp³-hybridized carbons (Fsp3) is 0.267. The van der Waals surface area contributed by atoms with Crippen LogP contribution >= 0.6 is 12.4 Å². The highest BCUT2D eigenvalue weighted by molar-refractivity contribution is 5.98.